The van der Waals surface area contributed by atoms with Gasteiger partial charge in [-0.3, -0.25) is 9.78 Å². The van der Waals surface area contributed by atoms with E-state index in [0.29, 0.717) is 23.2 Å². The highest BCUT2D eigenvalue weighted by Crippen LogP contribution is 2.33. The van der Waals surface area contributed by atoms with Crippen molar-refractivity contribution in [3.8, 4) is 22.4 Å². The molecule has 1 aliphatic heterocycles. The largest absolute Gasteiger partial charge is 0.396 e. The summed E-state index contributed by atoms with van der Waals surface area (Å²) >= 11 is 0. The van der Waals surface area contributed by atoms with E-state index in [9.17, 15) is 4.79 Å². The molecule has 0 saturated carbocycles. The Morgan fingerprint density at radius 2 is 1.78 bits per heavy atom. The predicted molar refractivity (Wildman–Crippen MR) is 142 cm³/mol. The second-order valence-corrected chi connectivity index (χ2v) is 9.09. The van der Waals surface area contributed by atoms with Crippen LogP contribution in [0.5, 0.6) is 0 Å². The van der Waals surface area contributed by atoms with Gasteiger partial charge in [-0.15, -0.1) is 0 Å². The third-order valence-corrected chi connectivity index (χ3v) is 6.54. The Labute approximate surface area is 215 Å². The first-order valence-electron chi connectivity index (χ1n) is 12.6. The molecule has 1 aliphatic rings. The average molecular weight is 499 g/mol. The standard InChI is InChI=1S/C29H30N4O4/c30-27-26(29(35)33-37-25-5-1-2-17-36-25)23-18-31-15-14-24(23)32-28(27)22-12-10-21(11-13-22)20-8-6-19(7-9-20)4-3-16-34/h6-15,18,25,34H,1-5,16-17,30H2,(H,33,35). The molecule has 1 unspecified atom stereocenters. The number of hydroxylamine groups is 1. The number of anilines is 1. The molecule has 5 rings (SSSR count). The van der Waals surface area contributed by atoms with Crippen molar-refractivity contribution < 1.29 is 19.5 Å². The van der Waals surface area contributed by atoms with E-state index in [1.807, 2.05) is 24.3 Å². The van der Waals surface area contributed by atoms with E-state index in [0.717, 1.165) is 48.8 Å². The molecule has 1 amide bonds. The lowest BCUT2D eigenvalue weighted by atomic mass is 9.98. The fourth-order valence-electron chi connectivity index (χ4n) is 4.53. The van der Waals surface area contributed by atoms with Gasteiger partial charge in [0.1, 0.15) is 0 Å². The molecule has 0 bridgehead atoms. The van der Waals surface area contributed by atoms with Crippen molar-refractivity contribution in [1.29, 1.82) is 0 Å². The maximum atomic E-state index is 13.2. The van der Waals surface area contributed by atoms with Crippen LogP contribution in [0.1, 0.15) is 41.6 Å². The summed E-state index contributed by atoms with van der Waals surface area (Å²) in [6.07, 6.45) is 7.05. The van der Waals surface area contributed by atoms with E-state index >= 15 is 0 Å². The summed E-state index contributed by atoms with van der Waals surface area (Å²) in [4.78, 5) is 27.6. The monoisotopic (exact) mass is 498 g/mol. The van der Waals surface area contributed by atoms with Gasteiger partial charge in [0.25, 0.3) is 5.91 Å². The lowest BCUT2D eigenvalue weighted by Gasteiger charge is -2.22. The number of ether oxygens (including phenoxy) is 1. The first-order chi connectivity index (χ1) is 18.1. The summed E-state index contributed by atoms with van der Waals surface area (Å²) in [6.45, 7) is 0.801. The van der Waals surface area contributed by atoms with Crippen LogP contribution in [-0.2, 0) is 16.0 Å². The van der Waals surface area contributed by atoms with Crippen molar-refractivity contribution in [3.63, 3.8) is 0 Å². The highest BCUT2D eigenvalue weighted by Gasteiger charge is 2.22. The summed E-state index contributed by atoms with van der Waals surface area (Å²) in [5.41, 5.74) is 14.8. The number of carbonyl (C=O) groups excluding carboxylic acids is 1. The molecule has 1 atom stereocenters. The van der Waals surface area contributed by atoms with Crippen molar-refractivity contribution in [2.24, 2.45) is 0 Å². The zero-order valence-electron chi connectivity index (χ0n) is 20.5. The minimum atomic E-state index is -0.471. The number of benzene rings is 2. The Balaban J connectivity index is 1.42. The molecule has 8 heteroatoms. The van der Waals surface area contributed by atoms with Crippen LogP contribution in [-0.4, -0.2) is 40.5 Å². The SMILES string of the molecule is Nc1c(-c2ccc(-c3ccc(CCCO)cc3)cc2)nc2ccncc2c1C(=O)NOC1CCCCO1. The molecular formula is C29H30N4O4. The number of aliphatic hydroxyl groups excluding tert-OH is 1. The number of aromatic nitrogens is 2. The van der Waals surface area contributed by atoms with Crippen molar-refractivity contribution in [1.82, 2.24) is 15.4 Å². The molecular weight excluding hydrogens is 468 g/mol. The number of amides is 1. The number of aryl methyl sites for hydroxylation is 1. The van der Waals surface area contributed by atoms with Gasteiger partial charge < -0.3 is 15.6 Å². The minimum absolute atomic E-state index is 0.191. The van der Waals surface area contributed by atoms with Gasteiger partial charge in [-0.1, -0.05) is 48.5 Å². The number of nitrogens with zero attached hydrogens (tertiary/aromatic N) is 2. The van der Waals surface area contributed by atoms with Gasteiger partial charge in [-0.05, 0) is 48.4 Å². The number of aliphatic hydroxyl groups is 1. The van der Waals surface area contributed by atoms with Gasteiger partial charge in [-0.2, -0.15) is 0 Å². The molecule has 1 saturated heterocycles. The van der Waals surface area contributed by atoms with Crippen molar-refractivity contribution in [3.05, 3.63) is 78.1 Å². The summed E-state index contributed by atoms with van der Waals surface area (Å²) in [7, 11) is 0. The lowest BCUT2D eigenvalue weighted by Crippen LogP contribution is -2.33. The highest BCUT2D eigenvalue weighted by molar-refractivity contribution is 6.12. The number of pyridine rings is 2. The number of carbonyl (C=O) groups is 1. The maximum Gasteiger partial charge on any atom is 0.277 e. The third kappa shape index (κ3) is 5.61. The molecule has 8 nitrogen and oxygen atoms in total. The van der Waals surface area contributed by atoms with Crippen LogP contribution in [0, 0.1) is 0 Å². The number of nitrogen functional groups attached to an aromatic ring is 1. The fourth-order valence-corrected chi connectivity index (χ4v) is 4.53. The van der Waals surface area contributed by atoms with Crippen molar-refractivity contribution in [2.75, 3.05) is 18.9 Å². The molecule has 0 radical (unpaired) electrons. The summed E-state index contributed by atoms with van der Waals surface area (Å²) in [6, 6.07) is 18.0. The van der Waals surface area contributed by atoms with E-state index in [4.69, 9.17) is 25.4 Å². The molecule has 190 valence electrons. The Morgan fingerprint density at radius 1 is 1.05 bits per heavy atom. The summed E-state index contributed by atoms with van der Waals surface area (Å²) in [5.74, 6) is -0.466. The van der Waals surface area contributed by atoms with Crippen LogP contribution in [0.4, 0.5) is 5.69 Å². The molecule has 4 N–H and O–H groups in total. The zero-order chi connectivity index (χ0) is 25.6. The number of hydrogen-bond acceptors (Lipinski definition) is 7. The molecule has 4 aromatic rings. The van der Waals surface area contributed by atoms with Crippen LogP contribution >= 0.6 is 0 Å². The summed E-state index contributed by atoms with van der Waals surface area (Å²) in [5, 5.41) is 9.58. The van der Waals surface area contributed by atoms with E-state index in [1.54, 1.807) is 18.5 Å². The fraction of sp³-hybridized carbons (Fsp3) is 0.276. The molecule has 0 aliphatic carbocycles. The van der Waals surface area contributed by atoms with E-state index in [1.165, 1.54) is 5.56 Å². The van der Waals surface area contributed by atoms with E-state index in [-0.39, 0.29) is 17.9 Å². The zero-order valence-corrected chi connectivity index (χ0v) is 20.5. The van der Waals surface area contributed by atoms with Crippen LogP contribution in [0.3, 0.4) is 0 Å². The van der Waals surface area contributed by atoms with Crippen LogP contribution in [0.25, 0.3) is 33.3 Å². The maximum absolute atomic E-state index is 13.2. The number of nitrogens with two attached hydrogens (primary N) is 1. The third-order valence-electron chi connectivity index (χ3n) is 6.54. The quantitative estimate of drug-likeness (QED) is 0.302. The van der Waals surface area contributed by atoms with Crippen molar-refractivity contribution in [2.45, 2.75) is 38.4 Å². The average Bonchev–Trinajstić information content (AvgIpc) is 2.95. The first-order valence-corrected chi connectivity index (χ1v) is 12.6. The Morgan fingerprint density at radius 3 is 2.49 bits per heavy atom. The van der Waals surface area contributed by atoms with E-state index < -0.39 is 12.2 Å². The molecule has 1 fully saturated rings. The Kier molecular flexibility index (Phi) is 7.70. The molecule has 37 heavy (non-hydrogen) atoms. The number of rotatable bonds is 8. The predicted octanol–water partition coefficient (Wildman–Crippen LogP) is 4.66. The Hall–Kier alpha value is -3.85. The molecule has 0 spiro atoms. The molecule has 2 aromatic heterocycles. The minimum Gasteiger partial charge on any atom is -0.396 e. The van der Waals surface area contributed by atoms with Gasteiger partial charge in [0, 0.05) is 43.0 Å². The van der Waals surface area contributed by atoms with Gasteiger partial charge in [0.15, 0.2) is 6.29 Å². The van der Waals surface area contributed by atoms with Crippen molar-refractivity contribution >= 4 is 22.5 Å². The summed E-state index contributed by atoms with van der Waals surface area (Å²) < 4.78 is 5.54. The van der Waals surface area contributed by atoms with Gasteiger partial charge in [0.05, 0.1) is 22.5 Å². The highest BCUT2D eigenvalue weighted by atomic mass is 16.8. The van der Waals surface area contributed by atoms with Crippen LogP contribution < -0.4 is 11.2 Å². The number of nitrogens with one attached hydrogen (secondary N) is 1. The van der Waals surface area contributed by atoms with Gasteiger partial charge in [0.2, 0.25) is 0 Å². The van der Waals surface area contributed by atoms with Crippen LogP contribution in [0.15, 0.2) is 67.0 Å². The number of fused-ring (bicyclic) bond motifs is 1. The Bertz CT molecular complexity index is 1370. The van der Waals surface area contributed by atoms with Gasteiger partial charge in [-0.25, -0.2) is 15.3 Å². The number of hydrogen-bond donors (Lipinski definition) is 3. The smallest absolute Gasteiger partial charge is 0.277 e. The lowest BCUT2D eigenvalue weighted by molar-refractivity contribution is -0.186. The van der Waals surface area contributed by atoms with E-state index in [2.05, 4.69) is 34.7 Å². The second-order valence-electron chi connectivity index (χ2n) is 9.09. The van der Waals surface area contributed by atoms with Gasteiger partial charge >= 0.3 is 0 Å². The van der Waals surface area contributed by atoms with Crippen LogP contribution in [0.2, 0.25) is 0 Å². The molecule has 3 heterocycles. The molecule has 2 aromatic carbocycles. The second kappa shape index (κ2) is 11.5. The normalized spacial score (nSPS) is 15.5. The topological polar surface area (TPSA) is 120 Å². The first kappa shape index (κ1) is 24.8.